The Morgan fingerprint density at radius 1 is 0.350 bits per heavy atom. The van der Waals surface area contributed by atoms with Crippen LogP contribution < -0.4 is 0 Å². The van der Waals surface area contributed by atoms with Crippen molar-refractivity contribution in [3.8, 4) is 0 Å². The quantitative estimate of drug-likeness (QED) is 0.0263. The minimum atomic E-state index is -0.796. The van der Waals surface area contributed by atoms with Crippen LogP contribution in [0.4, 0.5) is 0 Å². The summed E-state index contributed by atoms with van der Waals surface area (Å²) >= 11 is 0. The lowest BCUT2D eigenvalue weighted by Gasteiger charge is -2.18. The van der Waals surface area contributed by atoms with Crippen molar-refractivity contribution >= 4 is 17.9 Å². The first-order valence-corrected chi connectivity index (χ1v) is 25.6. The summed E-state index contributed by atoms with van der Waals surface area (Å²) in [6.07, 6.45) is 58.2. The standard InChI is InChI=1S/C54H96O6/c1-4-7-10-13-16-19-22-25-27-30-32-35-38-41-44-47-53(56)59-50-51(49-58-52(55)46-43-40-37-34-31-28-24-21-18-15-12-9-6-3)60-54(57)48-45-42-39-36-33-29-26-23-20-17-14-11-8-5-2/h9,12,18,21,28,31,37,40,51H,4-8,10-11,13-17,19-20,22-27,29-30,32-36,38-39,41-50H2,1-3H3/b12-9-,21-18-,31-28-,40-37-. The van der Waals surface area contributed by atoms with Gasteiger partial charge < -0.3 is 14.2 Å². The molecule has 0 fully saturated rings. The van der Waals surface area contributed by atoms with E-state index in [2.05, 4.69) is 63.3 Å². The van der Waals surface area contributed by atoms with Crippen LogP contribution in [0.15, 0.2) is 48.6 Å². The molecule has 0 saturated carbocycles. The molecule has 0 bridgehead atoms. The lowest BCUT2D eigenvalue weighted by Crippen LogP contribution is -2.30. The fourth-order valence-corrected chi connectivity index (χ4v) is 7.28. The van der Waals surface area contributed by atoms with Crippen LogP contribution >= 0.6 is 0 Å². The number of hydrogen-bond donors (Lipinski definition) is 0. The van der Waals surface area contributed by atoms with Crippen molar-refractivity contribution in [1.29, 1.82) is 0 Å². The van der Waals surface area contributed by atoms with E-state index in [1.165, 1.54) is 148 Å². The summed E-state index contributed by atoms with van der Waals surface area (Å²) in [7, 11) is 0. The summed E-state index contributed by atoms with van der Waals surface area (Å²) in [5.74, 6) is -0.966. The molecular formula is C54H96O6. The molecule has 0 aliphatic heterocycles. The van der Waals surface area contributed by atoms with E-state index in [1.54, 1.807) is 0 Å². The van der Waals surface area contributed by atoms with Gasteiger partial charge in [0.25, 0.3) is 0 Å². The molecule has 1 atom stereocenters. The van der Waals surface area contributed by atoms with Crippen LogP contribution in [-0.4, -0.2) is 37.2 Å². The number of unbranched alkanes of at least 4 members (excludes halogenated alkanes) is 27. The van der Waals surface area contributed by atoms with E-state index in [4.69, 9.17) is 14.2 Å². The number of allylic oxidation sites excluding steroid dienone is 8. The van der Waals surface area contributed by atoms with Crippen LogP contribution in [0.25, 0.3) is 0 Å². The van der Waals surface area contributed by atoms with Crippen molar-refractivity contribution in [2.75, 3.05) is 13.2 Å². The fraction of sp³-hybridized carbons (Fsp3) is 0.796. The first-order chi connectivity index (χ1) is 29.5. The van der Waals surface area contributed by atoms with Gasteiger partial charge in [-0.3, -0.25) is 14.4 Å². The SMILES string of the molecule is CC/C=C\C/C=C\C/C=C\C/C=C\CCC(=O)OCC(COC(=O)CCCCCCCCCCCCCCCCC)OC(=O)CCCCCCCCCCCCCCCC. The normalized spacial score (nSPS) is 12.4. The van der Waals surface area contributed by atoms with Gasteiger partial charge in [-0.15, -0.1) is 0 Å². The van der Waals surface area contributed by atoms with Crippen LogP contribution in [0.2, 0.25) is 0 Å². The van der Waals surface area contributed by atoms with E-state index in [1.807, 2.05) is 6.08 Å². The molecule has 60 heavy (non-hydrogen) atoms. The molecule has 0 N–H and O–H groups in total. The zero-order chi connectivity index (χ0) is 43.7. The van der Waals surface area contributed by atoms with E-state index in [9.17, 15) is 14.4 Å². The van der Waals surface area contributed by atoms with E-state index < -0.39 is 6.10 Å². The van der Waals surface area contributed by atoms with Crippen molar-refractivity contribution in [3.63, 3.8) is 0 Å². The molecule has 0 aliphatic carbocycles. The van der Waals surface area contributed by atoms with E-state index in [0.29, 0.717) is 19.3 Å². The average Bonchev–Trinajstić information content (AvgIpc) is 3.24. The Hall–Kier alpha value is -2.63. The second kappa shape index (κ2) is 49.0. The fourth-order valence-electron chi connectivity index (χ4n) is 7.28. The molecule has 1 unspecified atom stereocenters. The number of carbonyl (C=O) groups excluding carboxylic acids is 3. The van der Waals surface area contributed by atoms with Gasteiger partial charge in [0.15, 0.2) is 6.10 Å². The molecule has 0 aromatic carbocycles. The highest BCUT2D eigenvalue weighted by molar-refractivity contribution is 5.71. The number of carbonyl (C=O) groups is 3. The predicted octanol–water partition coefficient (Wildman–Crippen LogP) is 16.7. The largest absolute Gasteiger partial charge is 0.462 e. The molecule has 0 saturated heterocycles. The van der Waals surface area contributed by atoms with Gasteiger partial charge in [0.05, 0.1) is 0 Å². The van der Waals surface area contributed by atoms with Gasteiger partial charge >= 0.3 is 17.9 Å². The maximum absolute atomic E-state index is 12.8. The third-order valence-electron chi connectivity index (χ3n) is 11.1. The molecule has 0 amide bonds. The molecule has 0 heterocycles. The van der Waals surface area contributed by atoms with Crippen LogP contribution in [0.1, 0.15) is 258 Å². The third-order valence-corrected chi connectivity index (χ3v) is 11.1. The Morgan fingerprint density at radius 3 is 1.02 bits per heavy atom. The molecule has 0 rings (SSSR count). The van der Waals surface area contributed by atoms with Crippen molar-refractivity contribution < 1.29 is 28.6 Å². The van der Waals surface area contributed by atoms with Crippen LogP contribution in [0, 0.1) is 0 Å². The van der Waals surface area contributed by atoms with Crippen LogP contribution in [0.3, 0.4) is 0 Å². The van der Waals surface area contributed by atoms with E-state index in [0.717, 1.165) is 64.2 Å². The Bertz CT molecular complexity index is 1060. The second-order valence-corrected chi connectivity index (χ2v) is 17.1. The smallest absolute Gasteiger partial charge is 0.306 e. The highest BCUT2D eigenvalue weighted by Gasteiger charge is 2.19. The highest BCUT2D eigenvalue weighted by atomic mass is 16.6. The topological polar surface area (TPSA) is 78.9 Å². The molecule has 0 aliphatic rings. The van der Waals surface area contributed by atoms with Crippen LogP contribution in [-0.2, 0) is 28.6 Å². The van der Waals surface area contributed by atoms with Crippen molar-refractivity contribution in [2.45, 2.75) is 264 Å². The van der Waals surface area contributed by atoms with Crippen LogP contribution in [0.5, 0.6) is 0 Å². The lowest BCUT2D eigenvalue weighted by molar-refractivity contribution is -0.166. The first kappa shape index (κ1) is 57.4. The third kappa shape index (κ3) is 46.4. The number of rotatable bonds is 46. The van der Waals surface area contributed by atoms with Gasteiger partial charge in [0.1, 0.15) is 13.2 Å². The summed E-state index contributed by atoms with van der Waals surface area (Å²) in [6, 6.07) is 0. The van der Waals surface area contributed by atoms with Crippen molar-refractivity contribution in [3.05, 3.63) is 48.6 Å². The maximum Gasteiger partial charge on any atom is 0.306 e. The number of esters is 3. The Labute approximate surface area is 371 Å². The number of hydrogen-bond acceptors (Lipinski definition) is 6. The summed E-state index contributed by atoms with van der Waals surface area (Å²) < 4.78 is 16.7. The summed E-state index contributed by atoms with van der Waals surface area (Å²) in [5, 5.41) is 0. The molecule has 0 radical (unpaired) electrons. The lowest BCUT2D eigenvalue weighted by atomic mass is 10.0. The zero-order valence-corrected chi connectivity index (χ0v) is 39.7. The molecule has 6 heteroatoms. The van der Waals surface area contributed by atoms with Gasteiger partial charge in [-0.2, -0.15) is 0 Å². The van der Waals surface area contributed by atoms with E-state index in [-0.39, 0.29) is 37.5 Å². The predicted molar refractivity (Wildman–Crippen MR) is 256 cm³/mol. The molecule has 0 aromatic heterocycles. The molecule has 0 aromatic rings. The van der Waals surface area contributed by atoms with Gasteiger partial charge in [0, 0.05) is 19.3 Å². The van der Waals surface area contributed by atoms with Gasteiger partial charge in [-0.1, -0.05) is 243 Å². The molecule has 0 spiro atoms. The summed E-state index contributed by atoms with van der Waals surface area (Å²) in [4.78, 5) is 37.9. The van der Waals surface area contributed by atoms with Crippen molar-refractivity contribution in [1.82, 2.24) is 0 Å². The zero-order valence-electron chi connectivity index (χ0n) is 39.7. The minimum Gasteiger partial charge on any atom is -0.462 e. The summed E-state index contributed by atoms with van der Waals surface area (Å²) in [5.41, 5.74) is 0. The Morgan fingerprint density at radius 2 is 0.650 bits per heavy atom. The molecule has 348 valence electrons. The second-order valence-electron chi connectivity index (χ2n) is 17.1. The summed E-state index contributed by atoms with van der Waals surface area (Å²) in [6.45, 7) is 6.48. The highest BCUT2D eigenvalue weighted by Crippen LogP contribution is 2.16. The monoisotopic (exact) mass is 841 g/mol. The van der Waals surface area contributed by atoms with Gasteiger partial charge in [0.2, 0.25) is 0 Å². The van der Waals surface area contributed by atoms with Gasteiger partial charge in [-0.05, 0) is 44.9 Å². The van der Waals surface area contributed by atoms with Gasteiger partial charge in [-0.25, -0.2) is 0 Å². The molecule has 6 nitrogen and oxygen atoms in total. The van der Waals surface area contributed by atoms with Crippen molar-refractivity contribution in [2.24, 2.45) is 0 Å². The Balaban J connectivity index is 4.42. The first-order valence-electron chi connectivity index (χ1n) is 25.6. The number of ether oxygens (including phenoxy) is 3. The maximum atomic E-state index is 12.8. The molecular weight excluding hydrogens is 745 g/mol. The average molecular weight is 841 g/mol. The minimum absolute atomic E-state index is 0.0911. The van der Waals surface area contributed by atoms with E-state index >= 15 is 0 Å². The Kier molecular flexibility index (Phi) is 46.9.